The first kappa shape index (κ1) is 17.2. The second-order valence-electron chi connectivity index (χ2n) is 5.09. The number of halogens is 3. The number of pyridine rings is 1. The van der Waals surface area contributed by atoms with Crippen molar-refractivity contribution in [2.24, 2.45) is 0 Å². The van der Waals surface area contributed by atoms with Crippen LogP contribution < -0.4 is 4.74 Å². The Bertz CT molecular complexity index is 933. The summed E-state index contributed by atoms with van der Waals surface area (Å²) in [6.45, 7) is 0. The Kier molecular flexibility index (Phi) is 4.38. The van der Waals surface area contributed by atoms with E-state index >= 15 is 0 Å². The van der Waals surface area contributed by atoms with Crippen molar-refractivity contribution in [2.75, 3.05) is 14.2 Å². The summed E-state index contributed by atoms with van der Waals surface area (Å²) in [7, 11) is 2.74. The van der Waals surface area contributed by atoms with Crippen LogP contribution in [0.2, 0.25) is 0 Å². The zero-order valence-electron chi connectivity index (χ0n) is 13.2. The number of hydrogen-bond donors (Lipinski definition) is 0. The fourth-order valence-electron chi connectivity index (χ4n) is 2.40. The molecule has 0 aliphatic carbocycles. The average molecular weight is 367 g/mol. The lowest BCUT2D eigenvalue weighted by Gasteiger charge is -2.07. The van der Waals surface area contributed by atoms with Gasteiger partial charge in [0, 0.05) is 11.8 Å². The number of carbonyl (C=O) groups excluding carboxylic acids is 1. The van der Waals surface area contributed by atoms with Gasteiger partial charge in [-0.25, -0.2) is 4.79 Å². The molecule has 0 aliphatic heterocycles. The van der Waals surface area contributed by atoms with Crippen LogP contribution >= 0.6 is 11.3 Å². The molecule has 0 bridgehead atoms. The minimum atomic E-state index is -4.50. The van der Waals surface area contributed by atoms with Crippen LogP contribution in [-0.4, -0.2) is 25.2 Å². The third-order valence-corrected chi connectivity index (χ3v) is 4.71. The smallest absolute Gasteiger partial charge is 0.417 e. The van der Waals surface area contributed by atoms with Crippen molar-refractivity contribution in [1.82, 2.24) is 4.98 Å². The van der Waals surface area contributed by atoms with Crippen LogP contribution in [0.4, 0.5) is 13.2 Å². The molecule has 0 aliphatic rings. The third kappa shape index (κ3) is 3.17. The first-order valence-electron chi connectivity index (χ1n) is 7.07. The van der Waals surface area contributed by atoms with Crippen LogP contribution in [0.15, 0.2) is 36.5 Å². The molecule has 0 radical (unpaired) electrons. The Morgan fingerprint density at radius 2 is 1.84 bits per heavy atom. The third-order valence-electron chi connectivity index (χ3n) is 3.61. The van der Waals surface area contributed by atoms with Crippen molar-refractivity contribution in [3.05, 3.63) is 47.0 Å². The molecule has 2 aromatic heterocycles. The van der Waals surface area contributed by atoms with E-state index in [4.69, 9.17) is 9.47 Å². The summed E-state index contributed by atoms with van der Waals surface area (Å²) in [6.07, 6.45) is -3.74. The molecule has 3 aromatic rings. The predicted molar refractivity (Wildman–Crippen MR) is 87.9 cm³/mol. The van der Waals surface area contributed by atoms with Crippen molar-refractivity contribution in [3.8, 4) is 16.9 Å². The molecule has 8 heteroatoms. The molecule has 0 spiro atoms. The number of carbonyl (C=O) groups is 1. The maximum Gasteiger partial charge on any atom is 0.417 e. The van der Waals surface area contributed by atoms with Crippen molar-refractivity contribution >= 4 is 27.5 Å². The molecule has 25 heavy (non-hydrogen) atoms. The Balaban J connectivity index is 2.25. The topological polar surface area (TPSA) is 48.4 Å². The Morgan fingerprint density at radius 1 is 1.16 bits per heavy atom. The maximum absolute atomic E-state index is 12.9. The van der Waals surface area contributed by atoms with Crippen molar-refractivity contribution in [3.63, 3.8) is 0 Å². The lowest BCUT2D eigenvalue weighted by atomic mass is 10.0. The predicted octanol–water partition coefficient (Wildman–Crippen LogP) is 4.78. The highest BCUT2D eigenvalue weighted by Gasteiger charge is 2.32. The summed E-state index contributed by atoms with van der Waals surface area (Å²) in [6, 6.07) is 7.82. The first-order chi connectivity index (χ1) is 11.8. The second kappa shape index (κ2) is 6.36. The molecule has 0 saturated carbocycles. The summed E-state index contributed by atoms with van der Waals surface area (Å²) >= 11 is 0.923. The van der Waals surface area contributed by atoms with Gasteiger partial charge in [-0.1, -0.05) is 12.1 Å². The molecule has 130 valence electrons. The molecule has 0 unspecified atom stereocenters. The Morgan fingerprint density at radius 3 is 2.40 bits per heavy atom. The Hall–Kier alpha value is -2.61. The maximum atomic E-state index is 12.9. The number of nitrogens with zero attached hydrogens (tertiary/aromatic N) is 1. The van der Waals surface area contributed by atoms with Crippen LogP contribution in [0.1, 0.15) is 15.2 Å². The van der Waals surface area contributed by atoms with Gasteiger partial charge in [0.15, 0.2) is 0 Å². The number of esters is 1. The second-order valence-corrected chi connectivity index (χ2v) is 6.15. The molecule has 0 amide bonds. The molecule has 0 N–H and O–H groups in total. The summed E-state index contributed by atoms with van der Waals surface area (Å²) in [5.41, 5.74) is 0.547. The van der Waals surface area contributed by atoms with Gasteiger partial charge in [0.1, 0.15) is 10.6 Å². The van der Waals surface area contributed by atoms with Gasteiger partial charge in [-0.2, -0.15) is 13.2 Å². The molecule has 2 heterocycles. The summed E-state index contributed by atoms with van der Waals surface area (Å²) < 4.78 is 48.9. The molecule has 1 aromatic carbocycles. The van der Waals surface area contributed by atoms with E-state index in [-0.39, 0.29) is 9.58 Å². The average Bonchev–Trinajstić information content (AvgIpc) is 2.99. The van der Waals surface area contributed by atoms with E-state index in [0.29, 0.717) is 22.4 Å². The van der Waals surface area contributed by atoms with Gasteiger partial charge >= 0.3 is 12.1 Å². The number of benzene rings is 1. The minimum Gasteiger partial charge on any atom is -0.497 e. The normalized spacial score (nSPS) is 11.6. The number of rotatable bonds is 3. The molecular formula is C17H12F3NO3S. The van der Waals surface area contributed by atoms with Gasteiger partial charge in [-0.3, -0.25) is 4.98 Å². The van der Waals surface area contributed by atoms with Crippen LogP contribution in [0, 0.1) is 0 Å². The number of aromatic nitrogens is 1. The molecular weight excluding hydrogens is 355 g/mol. The lowest BCUT2D eigenvalue weighted by molar-refractivity contribution is -0.137. The van der Waals surface area contributed by atoms with Crippen LogP contribution in [-0.2, 0) is 10.9 Å². The summed E-state index contributed by atoms with van der Waals surface area (Å²) in [4.78, 5) is 16.3. The van der Waals surface area contributed by atoms with Crippen molar-refractivity contribution < 1.29 is 27.4 Å². The van der Waals surface area contributed by atoms with Crippen molar-refractivity contribution in [2.45, 2.75) is 6.18 Å². The minimum absolute atomic E-state index is 0.203. The van der Waals surface area contributed by atoms with Crippen LogP contribution in [0.3, 0.4) is 0 Å². The molecule has 4 nitrogen and oxygen atoms in total. The van der Waals surface area contributed by atoms with Gasteiger partial charge in [0.2, 0.25) is 0 Å². The summed E-state index contributed by atoms with van der Waals surface area (Å²) in [5.74, 6) is -0.00223. The fourth-order valence-corrected chi connectivity index (χ4v) is 3.54. The highest BCUT2D eigenvalue weighted by molar-refractivity contribution is 7.21. The largest absolute Gasteiger partial charge is 0.497 e. The first-order valence-corrected chi connectivity index (χ1v) is 7.89. The van der Waals surface area contributed by atoms with E-state index in [9.17, 15) is 18.0 Å². The van der Waals surface area contributed by atoms with E-state index in [1.807, 2.05) is 0 Å². The van der Waals surface area contributed by atoms with Gasteiger partial charge in [-0.15, -0.1) is 11.3 Å². The fraction of sp³-hybridized carbons (Fsp3) is 0.176. The highest BCUT2D eigenvalue weighted by atomic mass is 32.1. The summed E-state index contributed by atoms with van der Waals surface area (Å²) in [5, 5.41) is 0. The van der Waals surface area contributed by atoms with E-state index in [2.05, 4.69) is 4.98 Å². The highest BCUT2D eigenvalue weighted by Crippen LogP contribution is 2.40. The van der Waals surface area contributed by atoms with E-state index < -0.39 is 17.7 Å². The van der Waals surface area contributed by atoms with Gasteiger partial charge < -0.3 is 9.47 Å². The van der Waals surface area contributed by atoms with Crippen LogP contribution in [0.5, 0.6) is 5.75 Å². The number of hydrogen-bond acceptors (Lipinski definition) is 5. The quantitative estimate of drug-likeness (QED) is 0.625. The number of thiophene rings is 1. The SMILES string of the molecule is COC(=O)c1sc2cc(C(F)(F)F)cnc2c1-c1ccc(OC)cc1. The number of fused-ring (bicyclic) bond motifs is 1. The zero-order valence-corrected chi connectivity index (χ0v) is 14.0. The van der Waals surface area contributed by atoms with Gasteiger partial charge in [0.25, 0.3) is 0 Å². The van der Waals surface area contributed by atoms with E-state index in [0.717, 1.165) is 23.6 Å². The lowest BCUT2D eigenvalue weighted by Crippen LogP contribution is -2.04. The molecule has 0 atom stereocenters. The molecule has 3 rings (SSSR count). The van der Waals surface area contributed by atoms with E-state index in [1.54, 1.807) is 24.3 Å². The van der Waals surface area contributed by atoms with E-state index in [1.165, 1.54) is 14.2 Å². The van der Waals surface area contributed by atoms with Crippen molar-refractivity contribution in [1.29, 1.82) is 0 Å². The standard InChI is InChI=1S/C17H12F3NO3S/c1-23-11-5-3-9(4-6-11)13-14-12(25-15(13)16(22)24-2)7-10(8-21-14)17(18,19)20/h3-8H,1-2H3. The Labute approximate surface area is 144 Å². The zero-order chi connectivity index (χ0) is 18.2. The number of ether oxygens (including phenoxy) is 2. The van der Waals surface area contributed by atoms with Crippen LogP contribution in [0.25, 0.3) is 21.3 Å². The molecule has 0 fully saturated rings. The number of methoxy groups -OCH3 is 2. The number of alkyl halides is 3. The monoisotopic (exact) mass is 367 g/mol. The molecule has 0 saturated heterocycles. The van der Waals surface area contributed by atoms with Gasteiger partial charge in [-0.05, 0) is 23.8 Å². The van der Waals surface area contributed by atoms with Gasteiger partial charge in [0.05, 0.1) is 30.0 Å².